The van der Waals surface area contributed by atoms with Crippen LogP contribution in [0.5, 0.6) is 0 Å². The van der Waals surface area contributed by atoms with Gasteiger partial charge < -0.3 is 19.0 Å². The van der Waals surface area contributed by atoms with Crippen LogP contribution in [0, 0.1) is 34.5 Å². The van der Waals surface area contributed by atoms with Crippen molar-refractivity contribution in [2.45, 2.75) is 33.6 Å². The van der Waals surface area contributed by atoms with Gasteiger partial charge in [0.25, 0.3) is 0 Å². The number of hydrogen-bond donors (Lipinski definition) is 1. The van der Waals surface area contributed by atoms with E-state index in [1.165, 1.54) is 11.1 Å². The molecule has 0 amide bonds. The van der Waals surface area contributed by atoms with E-state index in [-0.39, 0.29) is 23.0 Å². The number of rotatable bonds is 11. The van der Waals surface area contributed by atoms with Crippen molar-refractivity contribution in [2.75, 3.05) is 5.32 Å². The van der Waals surface area contributed by atoms with Gasteiger partial charge in [-0.1, -0.05) is 167 Å². The second kappa shape index (κ2) is 17.4. The molecule has 1 aliphatic carbocycles. The van der Waals surface area contributed by atoms with Gasteiger partial charge in [-0.3, -0.25) is 0 Å². The number of nitrogens with one attached hydrogen (secondary N) is 1. The molecule has 0 fully saturated rings. The van der Waals surface area contributed by atoms with E-state index in [0.717, 1.165) is 89.5 Å². The van der Waals surface area contributed by atoms with Crippen molar-refractivity contribution in [1.29, 1.82) is 10.5 Å². The SMILES string of the molecule is C=C(/C=C\C(C)C1CC=CC(C)=C1C(=C)/C=C\CC)Nc1c(C#N)c(C#N)c(-n2c3ccccc3c3ccccc32)c(-n2c3ccccc3c3ccccc32)c1-n1c2ccccc2c2ccccc21. The number of allylic oxidation sites excluding steroid dienone is 9. The molecule has 0 saturated heterocycles. The Morgan fingerprint density at radius 2 is 1.01 bits per heavy atom. The van der Waals surface area contributed by atoms with Crippen molar-refractivity contribution in [3.05, 3.63) is 229 Å². The summed E-state index contributed by atoms with van der Waals surface area (Å²) >= 11 is 0. The third kappa shape index (κ3) is 6.84. The van der Waals surface area contributed by atoms with Crippen LogP contribution in [-0.2, 0) is 0 Å². The molecule has 2 unspecified atom stereocenters. The molecule has 0 bridgehead atoms. The number of benzene rings is 7. The van der Waals surface area contributed by atoms with Crippen molar-refractivity contribution in [3.8, 4) is 29.2 Å². The molecular weight excluding hydrogens is 841 g/mol. The highest BCUT2D eigenvalue weighted by Crippen LogP contribution is 2.48. The van der Waals surface area contributed by atoms with Gasteiger partial charge in [0.15, 0.2) is 0 Å². The van der Waals surface area contributed by atoms with E-state index >= 15 is 0 Å². The fourth-order valence-electron chi connectivity index (χ4n) is 11.0. The standard InChI is InChI=1S/C63H50N6/c1-6-7-21-41(3)59-42(4)22-20-29-44(59)40(2)36-37-43(5)66-60-51(38-64)52(39-65)61(67-53-30-14-8-23-45(53)46-24-9-15-31-54(46)67)63(69-57-34-18-12-27-49(57)50-28-13-19-35-58(50)69)62(60)68-55-32-16-10-25-47(55)48-26-11-17-33-56(48)68/h7-28,30-37,40,44,66H,3,5-6,29H2,1-2,4H3/b21-7-,37-36-. The average Bonchev–Trinajstić information content (AvgIpc) is 4.02. The second-order valence-electron chi connectivity index (χ2n) is 18.0. The lowest BCUT2D eigenvalue weighted by Crippen LogP contribution is -2.17. The predicted molar refractivity (Wildman–Crippen MR) is 288 cm³/mol. The number of hydrogen-bond acceptors (Lipinski definition) is 3. The van der Waals surface area contributed by atoms with Gasteiger partial charge in [-0.25, -0.2) is 0 Å². The van der Waals surface area contributed by atoms with Crippen molar-refractivity contribution >= 4 is 71.1 Å². The Bertz CT molecular complexity index is 3830. The van der Waals surface area contributed by atoms with E-state index in [9.17, 15) is 10.5 Å². The molecule has 3 aromatic heterocycles. The van der Waals surface area contributed by atoms with Gasteiger partial charge in [-0.05, 0) is 90.8 Å². The molecule has 0 aliphatic heterocycles. The number of fused-ring (bicyclic) bond motifs is 9. The first-order valence-corrected chi connectivity index (χ1v) is 23.7. The Labute approximate surface area is 402 Å². The van der Waals surface area contributed by atoms with Crippen molar-refractivity contribution in [2.24, 2.45) is 11.8 Å². The fraction of sp³-hybridized carbons (Fsp3) is 0.111. The summed E-state index contributed by atoms with van der Waals surface area (Å²) in [7, 11) is 0. The average molecular weight is 891 g/mol. The Morgan fingerprint density at radius 3 is 1.43 bits per heavy atom. The van der Waals surface area contributed by atoms with E-state index in [2.05, 4.69) is 229 Å². The molecule has 6 nitrogen and oxygen atoms in total. The number of anilines is 1. The smallest absolute Gasteiger partial charge is 0.103 e. The monoisotopic (exact) mass is 890 g/mol. The summed E-state index contributed by atoms with van der Waals surface area (Å²) in [5, 5.41) is 33.6. The van der Waals surface area contributed by atoms with E-state index in [1.807, 2.05) is 18.2 Å². The first kappa shape index (κ1) is 42.8. The molecule has 69 heavy (non-hydrogen) atoms. The van der Waals surface area contributed by atoms with Gasteiger partial charge in [0, 0.05) is 38.0 Å². The zero-order valence-electron chi connectivity index (χ0n) is 39.0. The highest BCUT2D eigenvalue weighted by Gasteiger charge is 2.33. The van der Waals surface area contributed by atoms with Crippen LogP contribution in [0.15, 0.2) is 218 Å². The van der Waals surface area contributed by atoms with Crippen molar-refractivity contribution in [1.82, 2.24) is 13.7 Å². The maximum absolute atomic E-state index is 11.8. The molecule has 0 saturated carbocycles. The lowest BCUT2D eigenvalue weighted by Gasteiger charge is -2.29. The zero-order chi connectivity index (χ0) is 47.3. The molecule has 3 heterocycles. The number of nitrogens with zero attached hydrogens (tertiary/aromatic N) is 5. The van der Waals surface area contributed by atoms with Gasteiger partial charge in [0.05, 0.1) is 67.0 Å². The third-order valence-electron chi connectivity index (χ3n) is 14.0. The molecule has 10 aromatic rings. The third-order valence-corrected chi connectivity index (χ3v) is 14.0. The van der Waals surface area contributed by atoms with Gasteiger partial charge in [0.1, 0.15) is 12.1 Å². The molecule has 0 radical (unpaired) electrons. The Balaban J connectivity index is 1.27. The van der Waals surface area contributed by atoms with Crippen LogP contribution < -0.4 is 5.32 Å². The first-order chi connectivity index (χ1) is 33.8. The topological polar surface area (TPSA) is 74.4 Å². The Kier molecular flexibility index (Phi) is 10.8. The Hall–Kier alpha value is -8.84. The zero-order valence-corrected chi connectivity index (χ0v) is 39.0. The van der Waals surface area contributed by atoms with Crippen LogP contribution in [0.4, 0.5) is 5.69 Å². The number of aromatic nitrogens is 3. The molecule has 0 spiro atoms. The minimum Gasteiger partial charge on any atom is -0.353 e. The van der Waals surface area contributed by atoms with Gasteiger partial charge in [0.2, 0.25) is 0 Å². The quantitative estimate of drug-likeness (QED) is 0.131. The van der Waals surface area contributed by atoms with Crippen LogP contribution in [0.2, 0.25) is 0 Å². The summed E-state index contributed by atoms with van der Waals surface area (Å²) < 4.78 is 6.80. The van der Waals surface area contributed by atoms with Crippen LogP contribution in [0.1, 0.15) is 44.7 Å². The minimum absolute atomic E-state index is 0.123. The molecule has 11 rings (SSSR count). The van der Waals surface area contributed by atoms with E-state index in [4.69, 9.17) is 0 Å². The van der Waals surface area contributed by atoms with E-state index in [1.54, 1.807) is 0 Å². The summed E-state index contributed by atoms with van der Waals surface area (Å²) in [5.41, 5.74) is 12.8. The predicted octanol–water partition coefficient (Wildman–Crippen LogP) is 16.3. The van der Waals surface area contributed by atoms with Crippen molar-refractivity contribution < 1.29 is 0 Å². The van der Waals surface area contributed by atoms with E-state index in [0.29, 0.717) is 22.8 Å². The maximum atomic E-state index is 11.8. The molecule has 1 N–H and O–H groups in total. The summed E-state index contributed by atoms with van der Waals surface area (Å²) in [6.45, 7) is 15.7. The van der Waals surface area contributed by atoms with Crippen molar-refractivity contribution in [3.63, 3.8) is 0 Å². The largest absolute Gasteiger partial charge is 0.353 e. The van der Waals surface area contributed by atoms with Crippen LogP contribution in [0.3, 0.4) is 0 Å². The fourth-order valence-corrected chi connectivity index (χ4v) is 11.0. The maximum Gasteiger partial charge on any atom is 0.103 e. The number of para-hydroxylation sites is 6. The summed E-state index contributed by atoms with van der Waals surface area (Å²) in [6, 6.07) is 55.7. The Morgan fingerprint density at radius 1 is 0.609 bits per heavy atom. The molecule has 1 aliphatic rings. The van der Waals surface area contributed by atoms with Crippen LogP contribution in [-0.4, -0.2) is 13.7 Å². The summed E-state index contributed by atoms with van der Waals surface area (Å²) in [4.78, 5) is 0. The van der Waals surface area contributed by atoms with Gasteiger partial charge in [-0.2, -0.15) is 10.5 Å². The molecule has 6 heteroatoms. The lowest BCUT2D eigenvalue weighted by atomic mass is 9.76. The molecule has 332 valence electrons. The normalized spacial score (nSPS) is 14.5. The lowest BCUT2D eigenvalue weighted by molar-refractivity contribution is 0.489. The van der Waals surface area contributed by atoms with Gasteiger partial charge >= 0.3 is 0 Å². The van der Waals surface area contributed by atoms with Crippen LogP contribution in [0.25, 0.3) is 82.5 Å². The van der Waals surface area contributed by atoms with E-state index < -0.39 is 0 Å². The second-order valence-corrected chi connectivity index (χ2v) is 18.0. The first-order valence-electron chi connectivity index (χ1n) is 23.7. The molecular formula is C63H50N6. The molecule has 2 atom stereocenters. The highest BCUT2D eigenvalue weighted by atomic mass is 15.1. The van der Waals surface area contributed by atoms with Crippen LogP contribution >= 0.6 is 0 Å². The summed E-state index contributed by atoms with van der Waals surface area (Å²) in [6.07, 6.45) is 14.9. The van der Waals surface area contributed by atoms with Gasteiger partial charge in [-0.15, -0.1) is 0 Å². The number of nitriles is 2. The minimum atomic E-state index is 0.123. The molecule has 7 aromatic carbocycles. The summed E-state index contributed by atoms with van der Waals surface area (Å²) in [5.74, 6) is 0.339. The highest BCUT2D eigenvalue weighted by molar-refractivity contribution is 6.15.